The molecule has 1 atom stereocenters. The molecule has 8 heteroatoms. The summed E-state index contributed by atoms with van der Waals surface area (Å²) in [5, 5.41) is 2.52. The van der Waals surface area contributed by atoms with Gasteiger partial charge in [0.1, 0.15) is 17.7 Å². The molecule has 0 spiro atoms. The fourth-order valence-electron chi connectivity index (χ4n) is 2.70. The van der Waals surface area contributed by atoms with Crippen molar-refractivity contribution >= 4 is 21.6 Å². The van der Waals surface area contributed by atoms with Crippen LogP contribution >= 0.6 is 0 Å². The van der Waals surface area contributed by atoms with Crippen molar-refractivity contribution in [3.05, 3.63) is 96.1 Å². The van der Waals surface area contributed by atoms with Gasteiger partial charge in [-0.2, -0.15) is 4.72 Å². The molecule has 3 aromatic rings. The van der Waals surface area contributed by atoms with Crippen LogP contribution in [0.5, 0.6) is 0 Å². The van der Waals surface area contributed by atoms with E-state index in [4.69, 9.17) is 0 Å². The molecule has 29 heavy (non-hydrogen) atoms. The second-order valence-corrected chi connectivity index (χ2v) is 8.03. The Hall–Kier alpha value is -3.10. The highest BCUT2D eigenvalue weighted by molar-refractivity contribution is 7.89. The number of sulfonamides is 1. The topological polar surface area (TPSA) is 75.3 Å². The van der Waals surface area contributed by atoms with Crippen LogP contribution in [0, 0.1) is 11.6 Å². The van der Waals surface area contributed by atoms with Gasteiger partial charge in [0.05, 0.1) is 4.90 Å². The molecular formula is C21H18F2N2O3S. The Labute approximate surface area is 167 Å². The van der Waals surface area contributed by atoms with Crippen molar-refractivity contribution < 1.29 is 22.0 Å². The predicted molar refractivity (Wildman–Crippen MR) is 106 cm³/mol. The highest BCUT2D eigenvalue weighted by Gasteiger charge is 2.26. The van der Waals surface area contributed by atoms with Gasteiger partial charge in [-0.15, -0.1) is 0 Å². The first-order chi connectivity index (χ1) is 13.8. The van der Waals surface area contributed by atoms with Gasteiger partial charge in [-0.25, -0.2) is 17.2 Å². The third-order valence-electron chi connectivity index (χ3n) is 4.11. The second kappa shape index (κ2) is 8.93. The van der Waals surface area contributed by atoms with Gasteiger partial charge in [0.25, 0.3) is 0 Å². The van der Waals surface area contributed by atoms with Crippen LogP contribution in [0.4, 0.5) is 14.5 Å². The van der Waals surface area contributed by atoms with Gasteiger partial charge in [0, 0.05) is 5.69 Å². The molecule has 150 valence electrons. The first kappa shape index (κ1) is 20.6. The molecule has 0 saturated carbocycles. The van der Waals surface area contributed by atoms with Gasteiger partial charge in [-0.3, -0.25) is 4.79 Å². The van der Waals surface area contributed by atoms with Crippen LogP contribution in [0.15, 0.2) is 83.8 Å². The van der Waals surface area contributed by atoms with Gasteiger partial charge >= 0.3 is 0 Å². The molecular weight excluding hydrogens is 398 g/mol. The molecule has 0 heterocycles. The molecule has 0 saturated heterocycles. The molecule has 0 bridgehead atoms. The smallest absolute Gasteiger partial charge is 0.242 e. The first-order valence-corrected chi connectivity index (χ1v) is 10.2. The van der Waals surface area contributed by atoms with E-state index in [1.165, 1.54) is 18.2 Å². The molecule has 0 aromatic heterocycles. The molecule has 3 aromatic carbocycles. The predicted octanol–water partition coefficient (Wildman–Crippen LogP) is 3.49. The summed E-state index contributed by atoms with van der Waals surface area (Å²) in [6, 6.07) is 17.2. The Morgan fingerprint density at radius 2 is 1.55 bits per heavy atom. The van der Waals surface area contributed by atoms with Crippen molar-refractivity contribution in [3.8, 4) is 0 Å². The fourth-order valence-corrected chi connectivity index (χ4v) is 3.90. The van der Waals surface area contributed by atoms with Crippen molar-refractivity contribution in [2.45, 2.75) is 17.4 Å². The number of hydrogen-bond donors (Lipinski definition) is 2. The Morgan fingerprint density at radius 1 is 0.862 bits per heavy atom. The zero-order valence-electron chi connectivity index (χ0n) is 15.2. The summed E-state index contributed by atoms with van der Waals surface area (Å²) in [6.07, 6.45) is 0.0718. The highest BCUT2D eigenvalue weighted by atomic mass is 32.2. The minimum atomic E-state index is -4.09. The standard InChI is InChI=1S/C21H18F2N2O3S/c22-16-9-11-19(12-10-16)29(27,28)25-20(13-15-5-2-1-3-6-15)21(26)24-18-8-4-7-17(23)14-18/h1-12,14,20,25H,13H2,(H,24,26)/t20-/m0/s1. The molecule has 0 aliphatic heterocycles. The molecule has 1 amide bonds. The summed E-state index contributed by atoms with van der Waals surface area (Å²) in [6.45, 7) is 0. The lowest BCUT2D eigenvalue weighted by atomic mass is 10.1. The van der Waals surface area contributed by atoms with Gasteiger partial charge in [0.15, 0.2) is 0 Å². The van der Waals surface area contributed by atoms with Crippen molar-refractivity contribution in [1.82, 2.24) is 4.72 Å². The minimum absolute atomic E-state index is 0.0718. The van der Waals surface area contributed by atoms with Crippen LogP contribution in [0.2, 0.25) is 0 Å². The quantitative estimate of drug-likeness (QED) is 0.619. The van der Waals surface area contributed by atoms with E-state index in [0.29, 0.717) is 0 Å². The van der Waals surface area contributed by atoms with Gasteiger partial charge in [-0.05, 0) is 54.4 Å². The maximum atomic E-state index is 13.4. The normalized spacial score (nSPS) is 12.3. The Balaban J connectivity index is 1.85. The van der Waals surface area contributed by atoms with E-state index in [2.05, 4.69) is 10.0 Å². The summed E-state index contributed by atoms with van der Waals surface area (Å²) >= 11 is 0. The van der Waals surface area contributed by atoms with Gasteiger partial charge < -0.3 is 5.32 Å². The monoisotopic (exact) mass is 416 g/mol. The number of carbonyl (C=O) groups excluding carboxylic acids is 1. The zero-order valence-corrected chi connectivity index (χ0v) is 16.0. The van der Waals surface area contributed by atoms with Crippen LogP contribution in [0.3, 0.4) is 0 Å². The molecule has 3 rings (SSSR count). The summed E-state index contributed by atoms with van der Waals surface area (Å²) in [4.78, 5) is 12.6. The van der Waals surface area contributed by atoms with Crippen LogP contribution in [-0.4, -0.2) is 20.4 Å². The lowest BCUT2D eigenvalue weighted by Crippen LogP contribution is -2.45. The summed E-state index contributed by atoms with van der Waals surface area (Å²) < 4.78 is 54.2. The third-order valence-corrected chi connectivity index (χ3v) is 5.60. The first-order valence-electron chi connectivity index (χ1n) is 8.72. The molecule has 0 unspecified atom stereocenters. The Bertz CT molecular complexity index is 1090. The maximum absolute atomic E-state index is 13.4. The maximum Gasteiger partial charge on any atom is 0.242 e. The summed E-state index contributed by atoms with van der Waals surface area (Å²) in [5.41, 5.74) is 0.933. The number of benzene rings is 3. The number of nitrogens with one attached hydrogen (secondary N) is 2. The van der Waals surface area contributed by atoms with Crippen molar-refractivity contribution in [2.24, 2.45) is 0 Å². The van der Waals surface area contributed by atoms with E-state index in [1.807, 2.05) is 0 Å². The zero-order chi connectivity index (χ0) is 20.9. The third kappa shape index (κ3) is 5.69. The average Bonchev–Trinajstić information content (AvgIpc) is 2.68. The molecule has 0 aliphatic carbocycles. The van der Waals surface area contributed by atoms with Crippen LogP contribution in [0.25, 0.3) is 0 Å². The van der Waals surface area contributed by atoms with E-state index in [9.17, 15) is 22.0 Å². The largest absolute Gasteiger partial charge is 0.325 e. The van der Waals surface area contributed by atoms with Crippen LogP contribution in [-0.2, 0) is 21.2 Å². The summed E-state index contributed by atoms with van der Waals surface area (Å²) in [5.74, 6) is -1.76. The van der Waals surface area contributed by atoms with Crippen LogP contribution in [0.1, 0.15) is 5.56 Å². The van der Waals surface area contributed by atoms with Crippen molar-refractivity contribution in [3.63, 3.8) is 0 Å². The number of amides is 1. The van der Waals surface area contributed by atoms with Crippen molar-refractivity contribution in [2.75, 3.05) is 5.32 Å². The number of rotatable bonds is 7. The highest BCUT2D eigenvalue weighted by Crippen LogP contribution is 2.14. The fraction of sp³-hybridized carbons (Fsp3) is 0.0952. The molecule has 2 N–H and O–H groups in total. The van der Waals surface area contributed by atoms with E-state index in [-0.39, 0.29) is 17.0 Å². The minimum Gasteiger partial charge on any atom is -0.325 e. The van der Waals surface area contributed by atoms with E-state index in [0.717, 1.165) is 35.9 Å². The Kier molecular flexibility index (Phi) is 6.36. The number of halogens is 2. The second-order valence-electron chi connectivity index (χ2n) is 6.32. The van der Waals surface area contributed by atoms with E-state index >= 15 is 0 Å². The van der Waals surface area contributed by atoms with Gasteiger partial charge in [0.2, 0.25) is 15.9 Å². The summed E-state index contributed by atoms with van der Waals surface area (Å²) in [7, 11) is -4.09. The van der Waals surface area contributed by atoms with Crippen molar-refractivity contribution in [1.29, 1.82) is 0 Å². The average molecular weight is 416 g/mol. The SMILES string of the molecule is O=C(Nc1cccc(F)c1)[C@H](Cc1ccccc1)NS(=O)(=O)c1ccc(F)cc1. The number of anilines is 1. The number of carbonyl (C=O) groups is 1. The lowest BCUT2D eigenvalue weighted by Gasteiger charge is -2.19. The molecule has 0 fully saturated rings. The van der Waals surface area contributed by atoms with E-state index in [1.54, 1.807) is 30.3 Å². The Morgan fingerprint density at radius 3 is 2.21 bits per heavy atom. The lowest BCUT2D eigenvalue weighted by molar-refractivity contribution is -0.117. The van der Waals surface area contributed by atoms with E-state index < -0.39 is 33.6 Å². The van der Waals surface area contributed by atoms with Crippen LogP contribution < -0.4 is 10.0 Å². The molecule has 0 radical (unpaired) electrons. The molecule has 5 nitrogen and oxygen atoms in total. The number of hydrogen-bond acceptors (Lipinski definition) is 3. The van der Waals surface area contributed by atoms with Gasteiger partial charge in [-0.1, -0.05) is 36.4 Å². The molecule has 0 aliphatic rings.